The normalized spacial score (nSPS) is 21.1. The Morgan fingerprint density at radius 1 is 1.27 bits per heavy atom. The van der Waals surface area contributed by atoms with Gasteiger partial charge in [0.05, 0.1) is 23.0 Å². The summed E-state index contributed by atoms with van der Waals surface area (Å²) in [5.41, 5.74) is 0. The second-order valence-corrected chi connectivity index (χ2v) is 8.47. The molecule has 122 valence electrons. The van der Waals surface area contributed by atoms with Gasteiger partial charge in [-0.25, -0.2) is 8.42 Å². The van der Waals surface area contributed by atoms with Crippen molar-refractivity contribution in [3.8, 4) is 0 Å². The van der Waals surface area contributed by atoms with Gasteiger partial charge < -0.3 is 10.1 Å². The second-order valence-electron chi connectivity index (χ2n) is 5.62. The lowest BCUT2D eigenvalue weighted by Gasteiger charge is -2.25. The summed E-state index contributed by atoms with van der Waals surface area (Å²) in [7, 11) is -3.52. The van der Waals surface area contributed by atoms with E-state index >= 15 is 0 Å². The van der Waals surface area contributed by atoms with Crippen LogP contribution in [0, 0.1) is 0 Å². The third kappa shape index (κ3) is 3.34. The molecule has 0 radical (unpaired) electrons. The van der Waals surface area contributed by atoms with Crippen LogP contribution in [0.3, 0.4) is 0 Å². The third-order valence-electron chi connectivity index (χ3n) is 4.10. The third-order valence-corrected chi connectivity index (χ3v) is 7.05. The van der Waals surface area contributed by atoms with Gasteiger partial charge in [0.15, 0.2) is 0 Å². The van der Waals surface area contributed by atoms with Gasteiger partial charge in [0.1, 0.15) is 0 Å². The standard InChI is InChI=1S/C14H20N2O4S2/c17-14(15-11-3-1-2-4-11)13-9-12(10-21-13)22(18,19)16-5-7-20-8-6-16/h9-11H,1-8H2,(H,15,17). The van der Waals surface area contributed by atoms with Crippen LogP contribution >= 0.6 is 11.3 Å². The molecule has 3 rings (SSSR count). The highest BCUT2D eigenvalue weighted by molar-refractivity contribution is 7.89. The largest absolute Gasteiger partial charge is 0.379 e. The first-order valence-corrected chi connectivity index (χ1v) is 9.86. The van der Waals surface area contributed by atoms with Crippen LogP contribution in [0.5, 0.6) is 0 Å². The predicted molar refractivity (Wildman–Crippen MR) is 83.6 cm³/mol. The lowest BCUT2D eigenvalue weighted by atomic mass is 10.2. The minimum Gasteiger partial charge on any atom is -0.379 e. The molecule has 0 bridgehead atoms. The van der Waals surface area contributed by atoms with E-state index in [2.05, 4.69) is 5.32 Å². The van der Waals surface area contributed by atoms with Crippen LogP contribution in [0.25, 0.3) is 0 Å². The highest BCUT2D eigenvalue weighted by Gasteiger charge is 2.28. The Balaban J connectivity index is 1.70. The molecule has 1 amide bonds. The van der Waals surface area contributed by atoms with Crippen molar-refractivity contribution in [2.45, 2.75) is 36.6 Å². The van der Waals surface area contributed by atoms with Crippen LogP contribution < -0.4 is 5.32 Å². The molecule has 2 fully saturated rings. The van der Waals surface area contributed by atoms with Gasteiger partial charge in [-0.3, -0.25) is 4.79 Å². The van der Waals surface area contributed by atoms with Crippen LogP contribution in [-0.2, 0) is 14.8 Å². The molecule has 0 spiro atoms. The van der Waals surface area contributed by atoms with Crippen molar-refractivity contribution in [3.63, 3.8) is 0 Å². The molecule has 22 heavy (non-hydrogen) atoms. The predicted octanol–water partition coefficient (Wildman–Crippen LogP) is 1.44. The highest BCUT2D eigenvalue weighted by Crippen LogP contribution is 2.24. The van der Waals surface area contributed by atoms with E-state index in [9.17, 15) is 13.2 Å². The Labute approximate surface area is 134 Å². The van der Waals surface area contributed by atoms with Crippen molar-refractivity contribution in [1.82, 2.24) is 9.62 Å². The molecule has 6 nitrogen and oxygen atoms in total. The van der Waals surface area contributed by atoms with Crippen molar-refractivity contribution in [1.29, 1.82) is 0 Å². The molecule has 1 N–H and O–H groups in total. The molecule has 0 unspecified atom stereocenters. The van der Waals surface area contributed by atoms with Gasteiger partial charge in [-0.2, -0.15) is 4.31 Å². The Hall–Kier alpha value is -0.960. The van der Waals surface area contributed by atoms with Crippen LogP contribution in [0.1, 0.15) is 35.4 Å². The number of rotatable bonds is 4. The smallest absolute Gasteiger partial charge is 0.261 e. The fraction of sp³-hybridized carbons (Fsp3) is 0.643. The summed E-state index contributed by atoms with van der Waals surface area (Å²) in [6.07, 6.45) is 4.31. The fourth-order valence-electron chi connectivity index (χ4n) is 2.84. The van der Waals surface area contributed by atoms with Crippen LogP contribution in [0.2, 0.25) is 0 Å². The van der Waals surface area contributed by atoms with Crippen molar-refractivity contribution in [2.24, 2.45) is 0 Å². The molecular formula is C14H20N2O4S2. The monoisotopic (exact) mass is 344 g/mol. The van der Waals surface area contributed by atoms with Crippen LogP contribution in [-0.4, -0.2) is 51.0 Å². The lowest BCUT2D eigenvalue weighted by Crippen LogP contribution is -2.40. The van der Waals surface area contributed by atoms with Gasteiger partial charge in [0, 0.05) is 24.5 Å². The number of nitrogens with one attached hydrogen (secondary N) is 1. The van der Waals surface area contributed by atoms with Gasteiger partial charge in [0.2, 0.25) is 10.0 Å². The number of sulfonamides is 1. The number of ether oxygens (including phenoxy) is 1. The summed E-state index contributed by atoms with van der Waals surface area (Å²) < 4.78 is 31.6. The molecule has 0 aromatic carbocycles. The van der Waals surface area contributed by atoms with Crippen LogP contribution in [0.4, 0.5) is 0 Å². The van der Waals surface area contributed by atoms with Gasteiger partial charge in [-0.15, -0.1) is 11.3 Å². The summed E-state index contributed by atoms with van der Waals surface area (Å²) >= 11 is 1.18. The lowest BCUT2D eigenvalue weighted by molar-refractivity contribution is 0.0730. The van der Waals surface area contributed by atoms with E-state index < -0.39 is 10.0 Å². The zero-order chi connectivity index (χ0) is 15.6. The van der Waals surface area contributed by atoms with E-state index in [-0.39, 0.29) is 16.8 Å². The number of carbonyl (C=O) groups is 1. The first-order chi connectivity index (χ1) is 10.6. The second kappa shape index (κ2) is 6.66. The molecule has 8 heteroatoms. The zero-order valence-corrected chi connectivity index (χ0v) is 13.9. The Bertz CT molecular complexity index is 629. The van der Waals surface area contributed by atoms with E-state index in [0.29, 0.717) is 31.2 Å². The average Bonchev–Trinajstić information content (AvgIpc) is 3.19. The van der Waals surface area contributed by atoms with Gasteiger partial charge in [-0.05, 0) is 18.9 Å². The summed E-state index contributed by atoms with van der Waals surface area (Å²) in [6.45, 7) is 1.56. The first-order valence-electron chi connectivity index (χ1n) is 7.54. The summed E-state index contributed by atoms with van der Waals surface area (Å²) in [6, 6.07) is 1.72. The number of thiophene rings is 1. The number of carbonyl (C=O) groups excluding carboxylic acids is 1. The Morgan fingerprint density at radius 2 is 1.95 bits per heavy atom. The number of nitrogens with zero attached hydrogens (tertiary/aromatic N) is 1. The number of hydrogen-bond donors (Lipinski definition) is 1. The maximum atomic E-state index is 12.5. The molecule has 1 aromatic rings. The quantitative estimate of drug-likeness (QED) is 0.897. The average molecular weight is 344 g/mol. The van der Waals surface area contributed by atoms with E-state index in [0.717, 1.165) is 25.7 Å². The van der Waals surface area contributed by atoms with Crippen molar-refractivity contribution in [2.75, 3.05) is 26.3 Å². The number of amides is 1. The van der Waals surface area contributed by atoms with Gasteiger partial charge in [0.25, 0.3) is 5.91 Å². The van der Waals surface area contributed by atoms with Gasteiger partial charge >= 0.3 is 0 Å². The topological polar surface area (TPSA) is 75.7 Å². The van der Waals surface area contributed by atoms with E-state index in [1.165, 1.54) is 21.7 Å². The van der Waals surface area contributed by atoms with Crippen molar-refractivity contribution in [3.05, 3.63) is 16.3 Å². The molecule has 1 aliphatic carbocycles. The zero-order valence-electron chi connectivity index (χ0n) is 12.3. The Morgan fingerprint density at radius 3 is 2.64 bits per heavy atom. The minimum atomic E-state index is -3.52. The molecule has 0 atom stereocenters. The van der Waals surface area contributed by atoms with E-state index in [1.807, 2.05) is 0 Å². The Kier molecular flexibility index (Phi) is 4.82. The summed E-state index contributed by atoms with van der Waals surface area (Å²) in [5.74, 6) is -0.166. The molecule has 1 saturated heterocycles. The minimum absolute atomic E-state index is 0.166. The molecule has 2 heterocycles. The molecule has 2 aliphatic rings. The van der Waals surface area contributed by atoms with Gasteiger partial charge in [-0.1, -0.05) is 12.8 Å². The maximum Gasteiger partial charge on any atom is 0.261 e. The van der Waals surface area contributed by atoms with Crippen molar-refractivity contribution < 1.29 is 17.9 Å². The number of hydrogen-bond acceptors (Lipinski definition) is 5. The SMILES string of the molecule is O=C(NC1CCCC1)c1cc(S(=O)(=O)N2CCOCC2)cs1. The number of morpholine rings is 1. The summed E-state index contributed by atoms with van der Waals surface area (Å²) in [5, 5.41) is 4.53. The van der Waals surface area contributed by atoms with Crippen molar-refractivity contribution >= 4 is 27.3 Å². The van der Waals surface area contributed by atoms with Crippen LogP contribution in [0.15, 0.2) is 16.3 Å². The molecule has 1 aromatic heterocycles. The molecule has 1 aliphatic heterocycles. The highest BCUT2D eigenvalue weighted by atomic mass is 32.2. The molecule has 1 saturated carbocycles. The van der Waals surface area contributed by atoms with E-state index in [1.54, 1.807) is 5.38 Å². The fourth-order valence-corrected chi connectivity index (χ4v) is 5.41. The molecular weight excluding hydrogens is 324 g/mol. The maximum absolute atomic E-state index is 12.5. The van der Waals surface area contributed by atoms with E-state index in [4.69, 9.17) is 4.74 Å². The first kappa shape index (κ1) is 15.9. The summed E-state index contributed by atoms with van der Waals surface area (Å²) in [4.78, 5) is 12.8.